The molecule has 0 saturated heterocycles. The van der Waals surface area contributed by atoms with Gasteiger partial charge in [0.2, 0.25) is 0 Å². The van der Waals surface area contributed by atoms with Crippen LogP contribution in [0.4, 0.5) is 0 Å². The molecule has 1 aromatic heterocycles. The van der Waals surface area contributed by atoms with Gasteiger partial charge < -0.3 is 5.48 Å². The van der Waals surface area contributed by atoms with Crippen LogP contribution >= 0.6 is 23.7 Å². The van der Waals surface area contributed by atoms with E-state index >= 15 is 0 Å². The first-order chi connectivity index (χ1) is 4.47. The Morgan fingerprint density at radius 3 is 2.45 bits per heavy atom. The summed E-state index contributed by atoms with van der Waals surface area (Å²) >= 11 is 1.79. The van der Waals surface area contributed by atoms with E-state index in [1.807, 2.05) is 0 Å². The largest absolute Gasteiger partial charge is 0.412 e. The van der Waals surface area contributed by atoms with Crippen molar-refractivity contribution < 1.29 is 5.48 Å². The Kier molecular flexibility index (Phi) is 4.11. The molecule has 0 aliphatic carbocycles. The van der Waals surface area contributed by atoms with E-state index in [1.54, 1.807) is 11.3 Å². The van der Waals surface area contributed by atoms with Gasteiger partial charge in [-0.3, -0.25) is 0 Å². The van der Waals surface area contributed by atoms with Gasteiger partial charge in [0.15, 0.2) is 0 Å². The van der Waals surface area contributed by atoms with E-state index < -0.39 is 0 Å². The molecule has 11 heavy (non-hydrogen) atoms. The zero-order chi connectivity index (χ0) is 6.10. The van der Waals surface area contributed by atoms with Crippen LogP contribution in [0.5, 0.6) is 0 Å². The Labute approximate surface area is 75.4 Å². The van der Waals surface area contributed by atoms with Gasteiger partial charge in [-0.05, 0) is 22.9 Å². The third-order valence-electron chi connectivity index (χ3n) is 1.36. The standard InChI is InChI=1S/C8H6S.ClH.H2O/c1-2-4-8-7(3-1)5-6-9-8;;/h1-6H;1H;1H2. The fourth-order valence-corrected chi connectivity index (χ4v) is 1.70. The molecule has 2 rings (SSSR count). The van der Waals surface area contributed by atoms with Crippen molar-refractivity contribution in [1.29, 1.82) is 0 Å². The van der Waals surface area contributed by atoms with E-state index in [1.165, 1.54) is 10.1 Å². The topological polar surface area (TPSA) is 31.5 Å². The number of thiophene rings is 1. The summed E-state index contributed by atoms with van der Waals surface area (Å²) < 4.78 is 1.37. The van der Waals surface area contributed by atoms with Crippen molar-refractivity contribution in [3.8, 4) is 0 Å². The minimum atomic E-state index is 0. The zero-order valence-electron chi connectivity index (χ0n) is 5.78. The third kappa shape index (κ3) is 1.93. The molecule has 0 aliphatic rings. The number of hydrogen-bond donors (Lipinski definition) is 0. The Balaban J connectivity index is 0.000000500. The van der Waals surface area contributed by atoms with E-state index in [2.05, 4.69) is 35.7 Å². The van der Waals surface area contributed by atoms with Gasteiger partial charge in [0, 0.05) is 4.70 Å². The summed E-state index contributed by atoms with van der Waals surface area (Å²) in [7, 11) is 0. The van der Waals surface area contributed by atoms with Crippen molar-refractivity contribution in [3.63, 3.8) is 0 Å². The number of benzene rings is 1. The Morgan fingerprint density at radius 2 is 1.73 bits per heavy atom. The maximum Gasteiger partial charge on any atom is 0.0342 e. The van der Waals surface area contributed by atoms with Gasteiger partial charge in [-0.1, -0.05) is 18.2 Å². The minimum Gasteiger partial charge on any atom is -0.412 e. The van der Waals surface area contributed by atoms with Crippen molar-refractivity contribution in [1.82, 2.24) is 0 Å². The molecular formula is C8H9ClOS. The lowest BCUT2D eigenvalue weighted by atomic mass is 10.3. The minimum absolute atomic E-state index is 0. The highest BCUT2D eigenvalue weighted by Gasteiger charge is 1.87. The fourth-order valence-electron chi connectivity index (χ4n) is 0.906. The predicted octanol–water partition coefficient (Wildman–Crippen LogP) is 2.50. The van der Waals surface area contributed by atoms with Crippen LogP contribution in [0.25, 0.3) is 10.1 Å². The second-order valence-electron chi connectivity index (χ2n) is 1.96. The molecule has 0 saturated carbocycles. The van der Waals surface area contributed by atoms with Crippen molar-refractivity contribution >= 4 is 33.8 Å². The van der Waals surface area contributed by atoms with Gasteiger partial charge >= 0.3 is 0 Å². The normalized spacial score (nSPS) is 8.36. The van der Waals surface area contributed by atoms with Gasteiger partial charge in [-0.2, -0.15) is 0 Å². The maximum absolute atomic E-state index is 2.14. The van der Waals surface area contributed by atoms with Crippen LogP contribution in [0.15, 0.2) is 35.7 Å². The molecule has 2 aromatic rings. The van der Waals surface area contributed by atoms with Crippen molar-refractivity contribution in [2.45, 2.75) is 0 Å². The van der Waals surface area contributed by atoms with Crippen molar-refractivity contribution in [3.05, 3.63) is 35.7 Å². The molecule has 0 atom stereocenters. The van der Waals surface area contributed by atoms with Gasteiger partial charge in [0.1, 0.15) is 0 Å². The van der Waals surface area contributed by atoms with Crippen LogP contribution in [0.2, 0.25) is 0 Å². The molecule has 60 valence electrons. The van der Waals surface area contributed by atoms with Crippen molar-refractivity contribution in [2.24, 2.45) is 0 Å². The molecule has 0 unspecified atom stereocenters. The molecule has 0 bridgehead atoms. The van der Waals surface area contributed by atoms with E-state index in [-0.39, 0.29) is 17.9 Å². The number of halogens is 1. The molecule has 0 aliphatic heterocycles. The summed E-state index contributed by atoms with van der Waals surface area (Å²) in [4.78, 5) is 0. The zero-order valence-corrected chi connectivity index (χ0v) is 7.41. The van der Waals surface area contributed by atoms with Crippen LogP contribution < -0.4 is 0 Å². The van der Waals surface area contributed by atoms with Gasteiger partial charge in [0.05, 0.1) is 0 Å². The van der Waals surface area contributed by atoms with E-state index in [9.17, 15) is 0 Å². The lowest BCUT2D eigenvalue weighted by Crippen LogP contribution is -1.56. The monoisotopic (exact) mass is 188 g/mol. The quantitative estimate of drug-likeness (QED) is 0.609. The van der Waals surface area contributed by atoms with E-state index in [0.717, 1.165) is 0 Å². The predicted molar refractivity (Wildman–Crippen MR) is 52.7 cm³/mol. The first kappa shape index (κ1) is 10.4. The molecule has 0 fully saturated rings. The SMILES string of the molecule is Cl.O.c1ccc2sccc2c1. The lowest BCUT2D eigenvalue weighted by molar-refractivity contribution is 0.824. The van der Waals surface area contributed by atoms with Crippen LogP contribution in [0.3, 0.4) is 0 Å². The fraction of sp³-hybridized carbons (Fsp3) is 0. The number of rotatable bonds is 0. The van der Waals surface area contributed by atoms with Gasteiger partial charge in [-0.25, -0.2) is 0 Å². The second-order valence-corrected chi connectivity index (χ2v) is 2.91. The molecule has 0 spiro atoms. The van der Waals surface area contributed by atoms with Crippen LogP contribution in [-0.4, -0.2) is 5.48 Å². The van der Waals surface area contributed by atoms with Crippen LogP contribution in [0.1, 0.15) is 0 Å². The summed E-state index contributed by atoms with van der Waals surface area (Å²) in [5, 5.41) is 3.47. The molecule has 3 heteroatoms. The summed E-state index contributed by atoms with van der Waals surface area (Å²) in [6.07, 6.45) is 0. The highest BCUT2D eigenvalue weighted by Crippen LogP contribution is 2.18. The summed E-state index contributed by atoms with van der Waals surface area (Å²) in [6, 6.07) is 10.5. The third-order valence-corrected chi connectivity index (χ3v) is 2.26. The first-order valence-corrected chi connectivity index (χ1v) is 3.77. The first-order valence-electron chi connectivity index (χ1n) is 2.89. The lowest BCUT2D eigenvalue weighted by Gasteiger charge is -1.82. The molecule has 1 heterocycles. The molecular weight excluding hydrogens is 180 g/mol. The summed E-state index contributed by atoms with van der Waals surface area (Å²) in [5.41, 5.74) is 0. The highest BCUT2D eigenvalue weighted by molar-refractivity contribution is 7.17. The summed E-state index contributed by atoms with van der Waals surface area (Å²) in [6.45, 7) is 0. The van der Waals surface area contributed by atoms with E-state index in [4.69, 9.17) is 0 Å². The van der Waals surface area contributed by atoms with Gasteiger partial charge in [0.25, 0.3) is 0 Å². The van der Waals surface area contributed by atoms with Crippen LogP contribution in [-0.2, 0) is 0 Å². The molecule has 0 radical (unpaired) electrons. The van der Waals surface area contributed by atoms with Crippen LogP contribution in [0, 0.1) is 0 Å². The van der Waals surface area contributed by atoms with Gasteiger partial charge in [-0.15, -0.1) is 23.7 Å². The number of fused-ring (bicyclic) bond motifs is 1. The molecule has 0 amide bonds. The smallest absolute Gasteiger partial charge is 0.0342 e. The Morgan fingerprint density at radius 1 is 1.00 bits per heavy atom. The average Bonchev–Trinajstić information content (AvgIpc) is 2.33. The molecule has 2 N–H and O–H groups in total. The molecule has 1 nitrogen and oxygen atoms in total. The Hall–Kier alpha value is -0.570. The van der Waals surface area contributed by atoms with Crippen molar-refractivity contribution in [2.75, 3.05) is 0 Å². The summed E-state index contributed by atoms with van der Waals surface area (Å²) in [5.74, 6) is 0. The number of hydrogen-bond acceptors (Lipinski definition) is 1. The van der Waals surface area contributed by atoms with E-state index in [0.29, 0.717) is 0 Å². The second kappa shape index (κ2) is 4.34. The molecule has 1 aromatic carbocycles. The average molecular weight is 189 g/mol. The maximum atomic E-state index is 2.14. The highest BCUT2D eigenvalue weighted by atomic mass is 35.5. The Bertz CT molecular complexity index is 288.